The van der Waals surface area contributed by atoms with Crippen LogP contribution in [0, 0.1) is 0 Å². The molecule has 20 nitrogen and oxygen atoms in total. The lowest BCUT2D eigenvalue weighted by atomic mass is 10.1. The summed E-state index contributed by atoms with van der Waals surface area (Å²) >= 11 is 0. The summed E-state index contributed by atoms with van der Waals surface area (Å²) < 4.78 is 39.6. The Balaban J connectivity index is 0.00000408. The number of aliphatic hydroxyl groups excluding tert-OH is 2. The van der Waals surface area contributed by atoms with E-state index >= 15 is 0 Å². The lowest BCUT2D eigenvalue weighted by Crippen LogP contribution is -2.34. The molecule has 1 aliphatic rings. The van der Waals surface area contributed by atoms with Crippen LogP contribution in [0.25, 0.3) is 21.6 Å². The molecule has 3 heterocycles. The fraction of sp³-hybridized carbons (Fsp3) is 0.583. The van der Waals surface area contributed by atoms with Gasteiger partial charge in [-0.2, -0.15) is 9.29 Å². The third-order valence-corrected chi connectivity index (χ3v) is 7.08. The number of aromatic nitrogens is 4. The predicted molar refractivity (Wildman–Crippen MR) is 112 cm³/mol. The Morgan fingerprint density at radius 1 is 1.38 bits per heavy atom. The van der Waals surface area contributed by atoms with Crippen LogP contribution >= 0.6 is 15.6 Å². The average Bonchev–Trinajstić information content (AvgIpc) is 3.24. The maximum Gasteiger partial charge on any atom is 0.477 e. The first-order valence-electron chi connectivity index (χ1n) is 8.95. The molecular weight excluding hydrogens is 506 g/mol. The highest BCUT2D eigenvalue weighted by Gasteiger charge is 2.46. The molecule has 2 aromatic rings. The molecule has 3 rings (SSSR count). The number of hydrogen-bond donors (Lipinski definition) is 8. The van der Waals surface area contributed by atoms with E-state index in [-0.39, 0.29) is 36.4 Å². The second kappa shape index (κ2) is 10.9. The maximum absolute atomic E-state index is 12.6. The van der Waals surface area contributed by atoms with Crippen molar-refractivity contribution in [3.8, 4) is 0 Å². The Morgan fingerprint density at radius 2 is 2.09 bits per heavy atom. The van der Waals surface area contributed by atoms with Crippen molar-refractivity contribution in [2.24, 2.45) is 5.11 Å². The Hall–Kier alpha value is -2.44. The summed E-state index contributed by atoms with van der Waals surface area (Å²) in [6, 6.07) is 0. The van der Waals surface area contributed by atoms with Gasteiger partial charge in [-0.15, -0.1) is 0 Å². The Kier molecular flexibility index (Phi) is 8.89. The van der Waals surface area contributed by atoms with E-state index in [0.29, 0.717) is 0 Å². The van der Waals surface area contributed by atoms with Gasteiger partial charge in [-0.3, -0.25) is 18.9 Å². The number of aliphatic hydroxyl groups is 2. The molecule has 1 unspecified atom stereocenters. The molecule has 0 saturated carbocycles. The number of fused-ring (bicyclic) bond motifs is 1. The number of aromatic amines is 1. The molecule has 2 aromatic heterocycles. The third-order valence-electron chi connectivity index (χ3n) is 4.27. The van der Waals surface area contributed by atoms with Crippen molar-refractivity contribution >= 4 is 32.7 Å². The lowest BCUT2D eigenvalue weighted by Gasteiger charge is -2.22. The zero-order valence-corrected chi connectivity index (χ0v) is 18.9. The van der Waals surface area contributed by atoms with Gasteiger partial charge in [0, 0.05) is 18.0 Å². The van der Waals surface area contributed by atoms with Gasteiger partial charge in [0.1, 0.15) is 18.3 Å². The van der Waals surface area contributed by atoms with Crippen LogP contribution < -0.4 is 22.5 Å². The number of azide groups is 1. The van der Waals surface area contributed by atoms with Gasteiger partial charge >= 0.3 is 15.6 Å². The van der Waals surface area contributed by atoms with E-state index in [0.717, 1.165) is 10.9 Å². The van der Waals surface area contributed by atoms with Crippen LogP contribution in [0.1, 0.15) is 6.23 Å². The largest absolute Gasteiger partial charge is 0.477 e. The number of nitrogens with zero attached hydrogens (tertiary/aromatic N) is 6. The van der Waals surface area contributed by atoms with E-state index in [4.69, 9.17) is 30.3 Å². The molecule has 0 radical (unpaired) electrons. The molecule has 1 fully saturated rings. The predicted octanol–water partition coefficient (Wildman–Crippen LogP) is -1.38. The van der Waals surface area contributed by atoms with Gasteiger partial charge in [0.2, 0.25) is 5.95 Å². The second-order valence-electron chi connectivity index (χ2n) is 6.55. The summed E-state index contributed by atoms with van der Waals surface area (Å²) in [5, 5.41) is 26.0. The second-order valence-corrected chi connectivity index (χ2v) is 9.75. The topological polar surface area (TPSA) is 328 Å². The van der Waals surface area contributed by atoms with E-state index in [1.54, 1.807) is 0 Å². The first-order valence-corrected chi connectivity index (χ1v) is 12.0. The van der Waals surface area contributed by atoms with Crippen LogP contribution in [-0.4, -0.2) is 77.5 Å². The fourth-order valence-electron chi connectivity index (χ4n) is 2.92. The number of nitrogens with one attached hydrogen (secondary N) is 2. The third kappa shape index (κ3) is 6.36. The number of anilines is 1. The number of rotatable bonds is 10. The van der Waals surface area contributed by atoms with Crippen LogP contribution in [0.2, 0.25) is 0 Å². The molecule has 1 aliphatic heterocycles. The van der Waals surface area contributed by atoms with Gasteiger partial charge in [-0.25, -0.2) is 19.2 Å². The average molecular weight is 528 g/mol. The summed E-state index contributed by atoms with van der Waals surface area (Å²) in [6.45, 7) is -1.34. The maximum atomic E-state index is 12.6. The van der Waals surface area contributed by atoms with E-state index in [1.165, 1.54) is 0 Å². The number of hydrogen-bond acceptors (Lipinski definition) is 13. The fourth-order valence-corrected chi connectivity index (χ4v) is 5.27. The molecule has 190 valence electrons. The number of nitrogen functional groups attached to an aromatic ring is 1. The minimum Gasteiger partial charge on any atom is -0.387 e. The molecule has 0 aliphatic carbocycles. The van der Waals surface area contributed by atoms with Crippen LogP contribution in [0.15, 0.2) is 16.2 Å². The molecule has 0 spiro atoms. The molecule has 5 atom stereocenters. The first kappa shape index (κ1) is 27.8. The lowest BCUT2D eigenvalue weighted by molar-refractivity contribution is -0.0487. The van der Waals surface area contributed by atoms with Gasteiger partial charge in [0.05, 0.1) is 12.9 Å². The molecule has 11 N–H and O–H groups in total. The van der Waals surface area contributed by atoms with Crippen molar-refractivity contribution in [1.82, 2.24) is 30.8 Å². The standard InChI is InChI=1S/C12H19N9O10P2.H3N/c13-12-18-9-6(10(24)19-12)15-4-21(9)11-8(23)7(22)5(30-11)3-29-32(25,31-33(26,27)28)17-2-1-16-20-14;/h4-5,7-8,11,22-23H,1-3H2,(H,17,25)(H2,26,27,28)(H3,13,18,19,24);1H3/t5-,7-,8-,11-,32?;/m1./s1. The highest BCUT2D eigenvalue weighted by Crippen LogP contribution is 2.57. The van der Waals surface area contributed by atoms with Crippen LogP contribution in [0.3, 0.4) is 0 Å². The summed E-state index contributed by atoms with van der Waals surface area (Å²) in [6.07, 6.45) is -4.80. The molecule has 0 amide bonds. The van der Waals surface area contributed by atoms with Gasteiger partial charge in [0.25, 0.3) is 5.56 Å². The highest BCUT2D eigenvalue weighted by molar-refractivity contribution is 7.62. The van der Waals surface area contributed by atoms with Gasteiger partial charge in [-0.1, -0.05) is 5.11 Å². The summed E-state index contributed by atoms with van der Waals surface area (Å²) in [5.74, 6) is -0.232. The Labute approximate surface area is 189 Å². The van der Waals surface area contributed by atoms with E-state index in [1.807, 2.05) is 0 Å². The van der Waals surface area contributed by atoms with E-state index in [9.17, 15) is 24.1 Å². The normalized spacial score (nSPS) is 24.4. The molecule has 1 saturated heterocycles. The monoisotopic (exact) mass is 528 g/mol. The van der Waals surface area contributed by atoms with E-state index < -0.39 is 52.3 Å². The number of phosphoric acid groups is 1. The van der Waals surface area contributed by atoms with Crippen molar-refractivity contribution in [1.29, 1.82) is 0 Å². The zero-order valence-electron chi connectivity index (χ0n) is 17.1. The van der Waals surface area contributed by atoms with Crippen LogP contribution in [0.5, 0.6) is 0 Å². The Bertz CT molecular complexity index is 1210. The summed E-state index contributed by atoms with van der Waals surface area (Å²) in [4.78, 5) is 42.4. The van der Waals surface area contributed by atoms with Gasteiger partial charge < -0.3 is 36.6 Å². The number of imidazole rings is 1. The minimum absolute atomic E-state index is 0. The Morgan fingerprint density at radius 3 is 2.74 bits per heavy atom. The van der Waals surface area contributed by atoms with Gasteiger partial charge in [0.15, 0.2) is 17.4 Å². The minimum atomic E-state index is -5.29. The van der Waals surface area contributed by atoms with E-state index in [2.05, 4.69) is 34.4 Å². The number of nitrogens with two attached hydrogens (primary N) is 1. The van der Waals surface area contributed by atoms with Crippen molar-refractivity contribution in [2.45, 2.75) is 24.5 Å². The summed E-state index contributed by atoms with van der Waals surface area (Å²) in [5.41, 5.74) is 13.0. The smallest absolute Gasteiger partial charge is 0.387 e. The molecular formula is C12H22N10O10P2. The molecule has 0 bridgehead atoms. The van der Waals surface area contributed by atoms with Gasteiger partial charge in [-0.05, 0) is 5.53 Å². The summed E-state index contributed by atoms with van der Waals surface area (Å²) in [7, 11) is -9.97. The molecule has 22 heteroatoms. The van der Waals surface area contributed by atoms with Crippen LogP contribution in [-0.2, 0) is 22.7 Å². The quantitative estimate of drug-likeness (QED) is 0.0578. The number of ether oxygens (including phenoxy) is 1. The first-order chi connectivity index (χ1) is 15.4. The molecule has 0 aromatic carbocycles. The highest BCUT2D eigenvalue weighted by atomic mass is 31.3. The zero-order chi connectivity index (χ0) is 24.4. The molecule has 34 heavy (non-hydrogen) atoms. The van der Waals surface area contributed by atoms with Crippen molar-refractivity contribution < 1.29 is 42.7 Å². The van der Waals surface area contributed by atoms with Crippen molar-refractivity contribution in [3.05, 3.63) is 27.1 Å². The van der Waals surface area contributed by atoms with Crippen molar-refractivity contribution in [3.63, 3.8) is 0 Å². The van der Waals surface area contributed by atoms with Crippen LogP contribution in [0.4, 0.5) is 5.95 Å². The SMILES string of the molecule is N.[N-]=[N+]=NCCNP(=O)(OC[C@H]1O[C@@H](n2cnc3c(=O)[nH]c(N)nc32)[C@H](O)[C@@H]1O)OP(=O)(O)O. The van der Waals surface area contributed by atoms with Crippen molar-refractivity contribution in [2.75, 3.05) is 25.4 Å². The number of H-pyrrole nitrogens is 1.